The van der Waals surface area contributed by atoms with E-state index in [1.54, 1.807) is 12.1 Å². The summed E-state index contributed by atoms with van der Waals surface area (Å²) in [5.74, 6) is -0.386. The minimum absolute atomic E-state index is 0.150. The fourth-order valence-electron chi connectivity index (χ4n) is 3.72. The van der Waals surface area contributed by atoms with Crippen LogP contribution in [-0.4, -0.2) is 47.2 Å². The summed E-state index contributed by atoms with van der Waals surface area (Å²) in [6.07, 6.45) is 4.40. The first kappa shape index (κ1) is 15.5. The predicted octanol–water partition coefficient (Wildman–Crippen LogP) is 0.863. The van der Waals surface area contributed by atoms with E-state index in [0.717, 1.165) is 31.6 Å². The van der Waals surface area contributed by atoms with Gasteiger partial charge in [-0.25, -0.2) is 0 Å². The SMILES string of the molecule is NC(=O)c1ccc(CN[C@@H]2CCC[C@@H]2N2CCC(O)C2)cc1. The second-order valence-corrected chi connectivity index (χ2v) is 6.48. The Morgan fingerprint density at radius 1 is 1.27 bits per heavy atom. The number of nitrogens with two attached hydrogens (primary N) is 1. The molecule has 3 rings (SSSR count). The fourth-order valence-corrected chi connectivity index (χ4v) is 3.72. The zero-order valence-corrected chi connectivity index (χ0v) is 12.9. The number of β-amino-alcohol motifs (C(OH)–C–C–N with tert-alkyl or cyclic N) is 1. The number of hydrogen-bond acceptors (Lipinski definition) is 4. The van der Waals surface area contributed by atoms with E-state index in [-0.39, 0.29) is 12.0 Å². The van der Waals surface area contributed by atoms with Crippen LogP contribution in [0, 0.1) is 0 Å². The molecule has 3 atom stereocenters. The average molecular weight is 303 g/mol. The molecule has 1 unspecified atom stereocenters. The molecular weight excluding hydrogens is 278 g/mol. The van der Waals surface area contributed by atoms with E-state index >= 15 is 0 Å². The van der Waals surface area contributed by atoms with Crippen LogP contribution in [0.15, 0.2) is 24.3 Å². The maximum absolute atomic E-state index is 11.1. The normalized spacial score (nSPS) is 29.0. The smallest absolute Gasteiger partial charge is 0.248 e. The number of amides is 1. The molecule has 5 nitrogen and oxygen atoms in total. The third kappa shape index (κ3) is 3.48. The first-order chi connectivity index (χ1) is 10.6. The summed E-state index contributed by atoms with van der Waals surface area (Å²) in [5.41, 5.74) is 6.97. The maximum Gasteiger partial charge on any atom is 0.248 e. The molecule has 1 heterocycles. The molecule has 5 heteroatoms. The topological polar surface area (TPSA) is 78.6 Å². The van der Waals surface area contributed by atoms with Crippen LogP contribution in [0.5, 0.6) is 0 Å². The molecule has 0 radical (unpaired) electrons. The number of carbonyl (C=O) groups is 1. The fraction of sp³-hybridized carbons (Fsp3) is 0.588. The number of nitrogens with one attached hydrogen (secondary N) is 1. The van der Waals surface area contributed by atoms with Gasteiger partial charge in [0, 0.05) is 37.3 Å². The van der Waals surface area contributed by atoms with Crippen molar-refractivity contribution in [2.24, 2.45) is 5.73 Å². The lowest BCUT2D eigenvalue weighted by atomic mass is 10.1. The summed E-state index contributed by atoms with van der Waals surface area (Å²) in [5, 5.41) is 13.4. The van der Waals surface area contributed by atoms with Crippen molar-refractivity contribution in [3.63, 3.8) is 0 Å². The van der Waals surface area contributed by atoms with Crippen LogP contribution >= 0.6 is 0 Å². The van der Waals surface area contributed by atoms with Crippen LogP contribution < -0.4 is 11.1 Å². The molecule has 2 fully saturated rings. The van der Waals surface area contributed by atoms with Crippen LogP contribution in [-0.2, 0) is 6.54 Å². The summed E-state index contributed by atoms with van der Waals surface area (Å²) in [7, 11) is 0. The van der Waals surface area contributed by atoms with E-state index in [1.807, 2.05) is 12.1 Å². The van der Waals surface area contributed by atoms with Crippen molar-refractivity contribution in [1.29, 1.82) is 0 Å². The van der Waals surface area contributed by atoms with Crippen molar-refractivity contribution in [2.75, 3.05) is 13.1 Å². The van der Waals surface area contributed by atoms with Gasteiger partial charge in [-0.1, -0.05) is 18.6 Å². The number of hydrogen-bond donors (Lipinski definition) is 3. The number of aliphatic hydroxyl groups excluding tert-OH is 1. The van der Waals surface area contributed by atoms with Gasteiger partial charge < -0.3 is 16.2 Å². The van der Waals surface area contributed by atoms with E-state index in [4.69, 9.17) is 5.73 Å². The lowest BCUT2D eigenvalue weighted by Crippen LogP contribution is -2.46. The monoisotopic (exact) mass is 303 g/mol. The number of benzene rings is 1. The number of nitrogens with zero attached hydrogens (tertiary/aromatic N) is 1. The minimum Gasteiger partial charge on any atom is -0.392 e. The van der Waals surface area contributed by atoms with Gasteiger partial charge >= 0.3 is 0 Å². The molecule has 1 saturated heterocycles. The summed E-state index contributed by atoms with van der Waals surface area (Å²) in [6, 6.07) is 8.50. The first-order valence-corrected chi connectivity index (χ1v) is 8.18. The summed E-state index contributed by atoms with van der Waals surface area (Å²) < 4.78 is 0. The number of likely N-dealkylation sites (tertiary alicyclic amines) is 1. The highest BCUT2D eigenvalue weighted by Gasteiger charge is 2.35. The van der Waals surface area contributed by atoms with Crippen molar-refractivity contribution in [2.45, 2.75) is 50.4 Å². The number of primary amides is 1. The third-order valence-corrected chi connectivity index (χ3v) is 4.95. The van der Waals surface area contributed by atoms with Crippen LogP contribution in [0.3, 0.4) is 0 Å². The van der Waals surface area contributed by atoms with Crippen molar-refractivity contribution in [3.8, 4) is 0 Å². The summed E-state index contributed by atoms with van der Waals surface area (Å²) >= 11 is 0. The molecule has 1 aromatic carbocycles. The van der Waals surface area contributed by atoms with Crippen molar-refractivity contribution >= 4 is 5.91 Å². The van der Waals surface area contributed by atoms with E-state index in [9.17, 15) is 9.90 Å². The van der Waals surface area contributed by atoms with Crippen LogP contribution in [0.2, 0.25) is 0 Å². The van der Waals surface area contributed by atoms with Crippen LogP contribution in [0.4, 0.5) is 0 Å². The summed E-state index contributed by atoms with van der Waals surface area (Å²) in [4.78, 5) is 13.5. The molecule has 0 bridgehead atoms. The van der Waals surface area contributed by atoms with Crippen LogP contribution in [0.1, 0.15) is 41.6 Å². The molecule has 1 amide bonds. The Morgan fingerprint density at radius 3 is 2.68 bits per heavy atom. The molecule has 4 N–H and O–H groups in total. The highest BCUT2D eigenvalue weighted by Crippen LogP contribution is 2.27. The second-order valence-electron chi connectivity index (χ2n) is 6.48. The highest BCUT2D eigenvalue weighted by molar-refractivity contribution is 5.92. The molecule has 0 spiro atoms. The Kier molecular flexibility index (Phi) is 4.76. The minimum atomic E-state index is -0.386. The van der Waals surface area contributed by atoms with Gasteiger partial charge in [-0.05, 0) is 37.0 Å². The molecule has 120 valence electrons. The van der Waals surface area contributed by atoms with Gasteiger partial charge in [0.05, 0.1) is 6.10 Å². The van der Waals surface area contributed by atoms with Gasteiger partial charge in [0.15, 0.2) is 0 Å². The molecule has 1 aliphatic heterocycles. The van der Waals surface area contributed by atoms with Gasteiger partial charge in [0.1, 0.15) is 0 Å². The molecule has 22 heavy (non-hydrogen) atoms. The van der Waals surface area contributed by atoms with Gasteiger partial charge in [-0.2, -0.15) is 0 Å². The predicted molar refractivity (Wildman–Crippen MR) is 85.4 cm³/mol. The standard InChI is InChI=1S/C17H25N3O2/c18-17(22)13-6-4-12(5-7-13)10-19-15-2-1-3-16(15)20-9-8-14(21)11-20/h4-7,14-16,19,21H,1-3,8-11H2,(H2,18,22)/t14?,15-,16+/m1/s1. The van der Waals surface area contributed by atoms with Crippen LogP contribution in [0.25, 0.3) is 0 Å². The Labute approximate surface area is 131 Å². The quantitative estimate of drug-likeness (QED) is 0.754. The Bertz CT molecular complexity index is 517. The second kappa shape index (κ2) is 6.77. The van der Waals surface area contributed by atoms with Crippen molar-refractivity contribution in [3.05, 3.63) is 35.4 Å². The van der Waals surface area contributed by atoms with E-state index < -0.39 is 0 Å². The lowest BCUT2D eigenvalue weighted by molar-refractivity contribution is 0.1000. The molecule has 1 aliphatic carbocycles. The number of carbonyl (C=O) groups excluding carboxylic acids is 1. The molecular formula is C17H25N3O2. The number of aliphatic hydroxyl groups is 1. The first-order valence-electron chi connectivity index (χ1n) is 8.18. The Hall–Kier alpha value is -1.43. The average Bonchev–Trinajstić information content (AvgIpc) is 3.14. The van der Waals surface area contributed by atoms with Crippen molar-refractivity contribution < 1.29 is 9.90 Å². The molecule has 0 aromatic heterocycles. The van der Waals surface area contributed by atoms with E-state index in [2.05, 4.69) is 10.2 Å². The van der Waals surface area contributed by atoms with E-state index in [0.29, 0.717) is 17.6 Å². The van der Waals surface area contributed by atoms with E-state index in [1.165, 1.54) is 19.3 Å². The van der Waals surface area contributed by atoms with Gasteiger partial charge in [-0.15, -0.1) is 0 Å². The largest absolute Gasteiger partial charge is 0.392 e. The maximum atomic E-state index is 11.1. The van der Waals surface area contributed by atoms with Gasteiger partial charge in [0.25, 0.3) is 0 Å². The lowest BCUT2D eigenvalue weighted by Gasteiger charge is -2.30. The zero-order valence-electron chi connectivity index (χ0n) is 12.9. The molecule has 1 aromatic rings. The van der Waals surface area contributed by atoms with Gasteiger partial charge in [0.2, 0.25) is 5.91 Å². The van der Waals surface area contributed by atoms with Gasteiger partial charge in [-0.3, -0.25) is 9.69 Å². The Balaban J connectivity index is 1.54. The molecule has 2 aliphatic rings. The highest BCUT2D eigenvalue weighted by atomic mass is 16.3. The molecule has 1 saturated carbocycles. The van der Waals surface area contributed by atoms with Crippen molar-refractivity contribution in [1.82, 2.24) is 10.2 Å². The third-order valence-electron chi connectivity index (χ3n) is 4.95. The summed E-state index contributed by atoms with van der Waals surface area (Å²) in [6.45, 7) is 2.63. The number of rotatable bonds is 5. The Morgan fingerprint density at radius 2 is 2.05 bits per heavy atom. The zero-order chi connectivity index (χ0) is 15.5.